The Labute approximate surface area is 157 Å². The Balaban J connectivity index is 1.96. The van der Waals surface area contributed by atoms with Crippen LogP contribution in [0, 0.1) is 6.92 Å². The van der Waals surface area contributed by atoms with E-state index in [1.807, 2.05) is 43.3 Å². The van der Waals surface area contributed by atoms with Crippen LogP contribution >= 0.6 is 0 Å². The molecule has 4 nitrogen and oxygen atoms in total. The summed E-state index contributed by atoms with van der Waals surface area (Å²) in [5.41, 5.74) is 2.90. The van der Waals surface area contributed by atoms with Crippen molar-refractivity contribution in [2.75, 3.05) is 0 Å². The fourth-order valence-corrected chi connectivity index (χ4v) is 2.76. The second kappa shape index (κ2) is 7.70. The van der Waals surface area contributed by atoms with Gasteiger partial charge in [0.15, 0.2) is 0 Å². The molecule has 134 valence electrons. The van der Waals surface area contributed by atoms with E-state index in [1.165, 1.54) is 0 Å². The number of carbonyl (C=O) groups is 2. The maximum Gasteiger partial charge on any atom is 0.335 e. The summed E-state index contributed by atoms with van der Waals surface area (Å²) in [6, 6.07) is 17.0. The molecule has 0 amide bonds. The van der Waals surface area contributed by atoms with Crippen molar-refractivity contribution in [2.24, 2.45) is 0 Å². The highest BCUT2D eigenvalue weighted by molar-refractivity contribution is 5.90. The standard InChI is InChI=1S/C23H18O4/c1-4-22(24)26-20-9-8-16-12-17(6-7-18(16)13-20)19-10-15(3)11-21(14-19)27-23(25)5-2/h4-14H,1-2H2,3H3. The zero-order chi connectivity index (χ0) is 19.4. The van der Waals surface area contributed by atoms with Crippen LogP contribution in [0.3, 0.4) is 0 Å². The Kier molecular flexibility index (Phi) is 5.18. The van der Waals surface area contributed by atoms with Crippen LogP contribution < -0.4 is 9.47 Å². The fraction of sp³-hybridized carbons (Fsp3) is 0.0435. The SMILES string of the molecule is C=CC(=O)Oc1cc(C)cc(-c2ccc3cc(OC(=O)C=C)ccc3c2)c1. The molecule has 0 aliphatic rings. The minimum atomic E-state index is -0.494. The highest BCUT2D eigenvalue weighted by Gasteiger charge is 2.07. The highest BCUT2D eigenvalue weighted by Crippen LogP contribution is 2.30. The highest BCUT2D eigenvalue weighted by atomic mass is 16.5. The lowest BCUT2D eigenvalue weighted by Crippen LogP contribution is -2.03. The van der Waals surface area contributed by atoms with E-state index in [0.717, 1.165) is 39.6 Å². The molecule has 0 saturated heterocycles. The largest absolute Gasteiger partial charge is 0.423 e. The number of benzene rings is 3. The average molecular weight is 358 g/mol. The van der Waals surface area contributed by atoms with Crippen molar-refractivity contribution in [1.29, 1.82) is 0 Å². The Morgan fingerprint density at radius 3 is 2.07 bits per heavy atom. The molecular weight excluding hydrogens is 340 g/mol. The maximum atomic E-state index is 11.5. The van der Waals surface area contributed by atoms with Crippen molar-refractivity contribution in [2.45, 2.75) is 6.92 Å². The van der Waals surface area contributed by atoms with Gasteiger partial charge in [0.1, 0.15) is 11.5 Å². The summed E-state index contributed by atoms with van der Waals surface area (Å²) >= 11 is 0. The molecule has 3 aromatic rings. The van der Waals surface area contributed by atoms with E-state index in [1.54, 1.807) is 18.2 Å². The first-order valence-corrected chi connectivity index (χ1v) is 8.33. The third-order valence-corrected chi connectivity index (χ3v) is 3.97. The van der Waals surface area contributed by atoms with Gasteiger partial charge in [-0.05, 0) is 64.7 Å². The molecule has 0 atom stereocenters. The first kappa shape index (κ1) is 18.1. The number of carbonyl (C=O) groups excluding carboxylic acids is 2. The van der Waals surface area contributed by atoms with Gasteiger partial charge in [-0.1, -0.05) is 37.4 Å². The number of hydrogen-bond acceptors (Lipinski definition) is 4. The van der Waals surface area contributed by atoms with Crippen molar-refractivity contribution >= 4 is 22.7 Å². The van der Waals surface area contributed by atoms with Crippen LogP contribution in [-0.2, 0) is 9.59 Å². The van der Waals surface area contributed by atoms with E-state index in [-0.39, 0.29) is 0 Å². The Morgan fingerprint density at radius 1 is 0.741 bits per heavy atom. The number of ether oxygens (including phenoxy) is 2. The van der Waals surface area contributed by atoms with E-state index in [9.17, 15) is 9.59 Å². The summed E-state index contributed by atoms with van der Waals surface area (Å²) in [7, 11) is 0. The molecule has 27 heavy (non-hydrogen) atoms. The van der Waals surface area contributed by atoms with Gasteiger partial charge in [0, 0.05) is 12.2 Å². The average Bonchev–Trinajstić information content (AvgIpc) is 2.66. The zero-order valence-corrected chi connectivity index (χ0v) is 14.9. The summed E-state index contributed by atoms with van der Waals surface area (Å²) in [5, 5.41) is 1.94. The van der Waals surface area contributed by atoms with E-state index in [0.29, 0.717) is 11.5 Å². The molecular formula is C23H18O4. The second-order valence-corrected chi connectivity index (χ2v) is 6.01. The lowest BCUT2D eigenvalue weighted by Gasteiger charge is -2.09. The molecule has 0 aromatic heterocycles. The molecule has 0 unspecified atom stereocenters. The predicted molar refractivity (Wildman–Crippen MR) is 106 cm³/mol. The van der Waals surface area contributed by atoms with Gasteiger partial charge in [-0.15, -0.1) is 0 Å². The van der Waals surface area contributed by atoms with Gasteiger partial charge in [0.05, 0.1) is 0 Å². The normalized spacial score (nSPS) is 10.3. The van der Waals surface area contributed by atoms with Crippen molar-refractivity contribution < 1.29 is 19.1 Å². The van der Waals surface area contributed by atoms with Gasteiger partial charge in [-0.25, -0.2) is 9.59 Å². The fourth-order valence-electron chi connectivity index (χ4n) is 2.76. The van der Waals surface area contributed by atoms with Gasteiger partial charge in [0.25, 0.3) is 0 Å². The molecule has 3 aromatic carbocycles. The molecule has 0 radical (unpaired) electrons. The summed E-state index contributed by atoms with van der Waals surface area (Å²) in [6.07, 6.45) is 2.26. The van der Waals surface area contributed by atoms with Crippen LogP contribution in [0.2, 0.25) is 0 Å². The summed E-state index contributed by atoms with van der Waals surface area (Å²) < 4.78 is 10.4. The molecule has 4 heteroatoms. The molecule has 3 rings (SSSR count). The smallest absolute Gasteiger partial charge is 0.335 e. The number of fused-ring (bicyclic) bond motifs is 1. The molecule has 0 aliphatic heterocycles. The van der Waals surface area contributed by atoms with Gasteiger partial charge >= 0.3 is 11.9 Å². The van der Waals surface area contributed by atoms with E-state index in [4.69, 9.17) is 9.47 Å². The number of aryl methyl sites for hydroxylation is 1. The molecule has 0 N–H and O–H groups in total. The monoisotopic (exact) mass is 358 g/mol. The van der Waals surface area contributed by atoms with Crippen LogP contribution in [0.15, 0.2) is 79.9 Å². The topological polar surface area (TPSA) is 52.6 Å². The third-order valence-electron chi connectivity index (χ3n) is 3.97. The minimum absolute atomic E-state index is 0.467. The Morgan fingerprint density at radius 2 is 1.37 bits per heavy atom. The van der Waals surface area contributed by atoms with Crippen LogP contribution in [0.1, 0.15) is 5.56 Å². The predicted octanol–water partition coefficient (Wildman–Crippen LogP) is 5.00. The first-order chi connectivity index (χ1) is 13.0. The second-order valence-electron chi connectivity index (χ2n) is 6.01. The zero-order valence-electron chi connectivity index (χ0n) is 14.9. The maximum absolute atomic E-state index is 11.5. The first-order valence-electron chi connectivity index (χ1n) is 8.33. The van der Waals surface area contributed by atoms with Crippen LogP contribution in [-0.4, -0.2) is 11.9 Å². The van der Waals surface area contributed by atoms with Gasteiger partial charge in [-0.3, -0.25) is 0 Å². The van der Waals surface area contributed by atoms with Crippen molar-refractivity contribution in [1.82, 2.24) is 0 Å². The van der Waals surface area contributed by atoms with Crippen molar-refractivity contribution in [3.63, 3.8) is 0 Å². The number of rotatable bonds is 5. The van der Waals surface area contributed by atoms with Crippen LogP contribution in [0.5, 0.6) is 11.5 Å². The number of hydrogen-bond donors (Lipinski definition) is 0. The summed E-state index contributed by atoms with van der Waals surface area (Å²) in [5.74, 6) is -0.0463. The minimum Gasteiger partial charge on any atom is -0.423 e. The number of esters is 2. The van der Waals surface area contributed by atoms with E-state index >= 15 is 0 Å². The van der Waals surface area contributed by atoms with Crippen LogP contribution in [0.4, 0.5) is 0 Å². The quantitative estimate of drug-likeness (QED) is 0.366. The van der Waals surface area contributed by atoms with E-state index < -0.39 is 11.9 Å². The lowest BCUT2D eigenvalue weighted by molar-refractivity contribution is -0.129. The van der Waals surface area contributed by atoms with Gasteiger partial charge < -0.3 is 9.47 Å². The summed E-state index contributed by atoms with van der Waals surface area (Å²) in [4.78, 5) is 22.8. The van der Waals surface area contributed by atoms with Crippen molar-refractivity contribution in [3.8, 4) is 22.6 Å². The van der Waals surface area contributed by atoms with Crippen LogP contribution in [0.25, 0.3) is 21.9 Å². The van der Waals surface area contributed by atoms with E-state index in [2.05, 4.69) is 13.2 Å². The molecule has 0 fully saturated rings. The van der Waals surface area contributed by atoms with Gasteiger partial charge in [0.2, 0.25) is 0 Å². The van der Waals surface area contributed by atoms with Gasteiger partial charge in [-0.2, -0.15) is 0 Å². The Bertz CT molecular complexity index is 1060. The van der Waals surface area contributed by atoms with Crippen molar-refractivity contribution in [3.05, 3.63) is 85.5 Å². The molecule has 0 spiro atoms. The summed E-state index contributed by atoms with van der Waals surface area (Å²) in [6.45, 7) is 8.74. The lowest BCUT2D eigenvalue weighted by atomic mass is 9.99. The molecule has 0 bridgehead atoms. The molecule has 0 heterocycles. The Hall–Kier alpha value is -3.66. The molecule has 0 aliphatic carbocycles. The third kappa shape index (κ3) is 4.30. The molecule has 0 saturated carbocycles.